The summed E-state index contributed by atoms with van der Waals surface area (Å²) < 4.78 is 13.0. The van der Waals surface area contributed by atoms with Gasteiger partial charge in [-0.25, -0.2) is 4.39 Å². The molecule has 0 unspecified atom stereocenters. The summed E-state index contributed by atoms with van der Waals surface area (Å²) in [5.74, 6) is -0.416. The summed E-state index contributed by atoms with van der Waals surface area (Å²) in [6.45, 7) is 1.01. The minimum absolute atomic E-state index is 0.194. The Morgan fingerprint density at radius 3 is 2.82 bits per heavy atom. The van der Waals surface area contributed by atoms with E-state index in [1.807, 2.05) is 0 Å². The first-order valence-corrected chi connectivity index (χ1v) is 5.73. The lowest BCUT2D eigenvalue weighted by molar-refractivity contribution is -0.118. The highest BCUT2D eigenvalue weighted by Gasteiger charge is 2.20. The Morgan fingerprint density at radius 2 is 2.06 bits per heavy atom. The lowest BCUT2D eigenvalue weighted by Gasteiger charge is -2.19. The Labute approximate surface area is 99.2 Å². The van der Waals surface area contributed by atoms with Gasteiger partial charge < -0.3 is 4.90 Å². The molecular formula is C13H14FNO2. The number of rotatable bonds is 1. The van der Waals surface area contributed by atoms with Gasteiger partial charge in [0.05, 0.1) is 0 Å². The second-order valence-electron chi connectivity index (χ2n) is 4.19. The molecule has 0 atom stereocenters. The molecule has 1 aromatic carbocycles. The van der Waals surface area contributed by atoms with E-state index in [0.717, 1.165) is 0 Å². The Bertz CT molecular complexity index is 445. The van der Waals surface area contributed by atoms with Gasteiger partial charge in [-0.3, -0.25) is 9.59 Å². The number of likely N-dealkylation sites (tertiary alicyclic amines) is 1. The molecule has 1 heterocycles. The van der Waals surface area contributed by atoms with Gasteiger partial charge in [0.15, 0.2) is 0 Å². The lowest BCUT2D eigenvalue weighted by Crippen LogP contribution is -2.32. The van der Waals surface area contributed by atoms with Gasteiger partial charge >= 0.3 is 0 Å². The summed E-state index contributed by atoms with van der Waals surface area (Å²) in [6, 6.07) is 5.65. The summed E-state index contributed by atoms with van der Waals surface area (Å²) in [6.07, 6.45) is 1.63. The van der Waals surface area contributed by atoms with Crippen LogP contribution in [0.1, 0.15) is 29.6 Å². The number of carbonyl (C=O) groups is 2. The molecule has 0 aromatic heterocycles. The number of benzene rings is 1. The van der Waals surface area contributed by atoms with E-state index >= 15 is 0 Å². The molecule has 1 fully saturated rings. The largest absolute Gasteiger partial charge is 0.338 e. The van der Waals surface area contributed by atoms with E-state index < -0.39 is 5.82 Å². The van der Waals surface area contributed by atoms with Crippen molar-refractivity contribution in [3.63, 3.8) is 0 Å². The number of ketones is 1. The van der Waals surface area contributed by atoms with Crippen LogP contribution in [0.3, 0.4) is 0 Å². The molecule has 0 aliphatic carbocycles. The predicted molar refractivity (Wildman–Crippen MR) is 61.2 cm³/mol. The third-order valence-electron chi connectivity index (χ3n) is 2.90. The van der Waals surface area contributed by atoms with Gasteiger partial charge in [0.2, 0.25) is 0 Å². The van der Waals surface area contributed by atoms with E-state index in [-0.39, 0.29) is 11.7 Å². The summed E-state index contributed by atoms with van der Waals surface area (Å²) >= 11 is 0. The first kappa shape index (κ1) is 11.8. The zero-order valence-electron chi connectivity index (χ0n) is 9.49. The maximum atomic E-state index is 13.0. The summed E-state index contributed by atoms with van der Waals surface area (Å²) in [7, 11) is 0. The van der Waals surface area contributed by atoms with Crippen LogP contribution in [0.15, 0.2) is 24.3 Å². The first-order chi connectivity index (χ1) is 8.16. The van der Waals surface area contributed by atoms with Gasteiger partial charge in [0.25, 0.3) is 5.91 Å². The normalized spacial score (nSPS) is 16.8. The zero-order chi connectivity index (χ0) is 12.3. The lowest BCUT2D eigenvalue weighted by atomic mass is 10.2. The third kappa shape index (κ3) is 2.90. The van der Waals surface area contributed by atoms with Crippen LogP contribution in [-0.4, -0.2) is 29.7 Å². The molecule has 1 amide bonds. The number of Topliss-reactive ketones (excluding diaryl/α,β-unsaturated/α-hetero) is 1. The van der Waals surface area contributed by atoms with Crippen LogP contribution < -0.4 is 0 Å². The third-order valence-corrected chi connectivity index (χ3v) is 2.90. The van der Waals surface area contributed by atoms with Crippen molar-refractivity contribution in [2.75, 3.05) is 13.1 Å². The van der Waals surface area contributed by atoms with Crippen LogP contribution >= 0.6 is 0 Å². The van der Waals surface area contributed by atoms with Gasteiger partial charge in [-0.15, -0.1) is 0 Å². The Balaban J connectivity index is 2.11. The van der Waals surface area contributed by atoms with E-state index in [4.69, 9.17) is 0 Å². The molecule has 1 aliphatic rings. The highest BCUT2D eigenvalue weighted by molar-refractivity contribution is 5.94. The summed E-state index contributed by atoms with van der Waals surface area (Å²) in [4.78, 5) is 24.9. The smallest absolute Gasteiger partial charge is 0.253 e. The van der Waals surface area contributed by atoms with Crippen LogP contribution in [0, 0.1) is 5.82 Å². The van der Waals surface area contributed by atoms with Crippen molar-refractivity contribution in [1.29, 1.82) is 0 Å². The molecule has 0 spiro atoms. The van der Waals surface area contributed by atoms with Gasteiger partial charge in [0.1, 0.15) is 11.6 Å². The Morgan fingerprint density at radius 1 is 1.24 bits per heavy atom. The van der Waals surface area contributed by atoms with Crippen molar-refractivity contribution in [2.24, 2.45) is 0 Å². The zero-order valence-corrected chi connectivity index (χ0v) is 9.49. The van der Waals surface area contributed by atoms with Gasteiger partial charge in [-0.05, 0) is 24.6 Å². The van der Waals surface area contributed by atoms with E-state index in [9.17, 15) is 14.0 Å². The van der Waals surface area contributed by atoms with Crippen molar-refractivity contribution in [3.8, 4) is 0 Å². The highest BCUT2D eigenvalue weighted by Crippen LogP contribution is 2.12. The van der Waals surface area contributed by atoms with Gasteiger partial charge in [-0.1, -0.05) is 6.07 Å². The second-order valence-corrected chi connectivity index (χ2v) is 4.19. The molecule has 3 nitrogen and oxygen atoms in total. The van der Waals surface area contributed by atoms with Gasteiger partial charge in [0, 0.05) is 31.5 Å². The fourth-order valence-corrected chi connectivity index (χ4v) is 1.97. The minimum Gasteiger partial charge on any atom is -0.338 e. The van der Waals surface area contributed by atoms with E-state index in [1.165, 1.54) is 18.2 Å². The second kappa shape index (κ2) is 5.08. The molecule has 90 valence electrons. The van der Waals surface area contributed by atoms with Crippen molar-refractivity contribution in [2.45, 2.75) is 19.3 Å². The van der Waals surface area contributed by atoms with Gasteiger partial charge in [-0.2, -0.15) is 0 Å². The van der Waals surface area contributed by atoms with Crippen molar-refractivity contribution in [3.05, 3.63) is 35.6 Å². The Hall–Kier alpha value is -1.71. The molecular weight excluding hydrogens is 221 g/mol. The van der Waals surface area contributed by atoms with E-state index in [2.05, 4.69) is 0 Å². The molecule has 0 saturated carbocycles. The van der Waals surface area contributed by atoms with Crippen LogP contribution in [0.4, 0.5) is 4.39 Å². The molecule has 1 aromatic rings. The average molecular weight is 235 g/mol. The van der Waals surface area contributed by atoms with Crippen molar-refractivity contribution < 1.29 is 14.0 Å². The molecule has 0 radical (unpaired) electrons. The topological polar surface area (TPSA) is 37.4 Å². The van der Waals surface area contributed by atoms with Crippen LogP contribution in [-0.2, 0) is 4.79 Å². The summed E-state index contributed by atoms with van der Waals surface area (Å²) in [5.41, 5.74) is 0.347. The molecule has 1 aliphatic heterocycles. The predicted octanol–water partition coefficient (Wildman–Crippen LogP) is 2.02. The molecule has 0 N–H and O–H groups in total. The molecule has 0 bridgehead atoms. The standard InChI is InChI=1S/C13H14FNO2/c14-11-4-1-3-10(9-11)13(17)15-7-2-5-12(16)6-8-15/h1,3-4,9H,2,5-8H2. The number of halogens is 1. The first-order valence-electron chi connectivity index (χ1n) is 5.73. The molecule has 2 rings (SSSR count). The monoisotopic (exact) mass is 235 g/mol. The van der Waals surface area contributed by atoms with Crippen LogP contribution in [0.25, 0.3) is 0 Å². The molecule has 4 heteroatoms. The number of nitrogens with zero attached hydrogens (tertiary/aromatic N) is 1. The number of hydrogen-bond acceptors (Lipinski definition) is 2. The van der Waals surface area contributed by atoms with Crippen LogP contribution in [0.5, 0.6) is 0 Å². The fourth-order valence-electron chi connectivity index (χ4n) is 1.97. The maximum Gasteiger partial charge on any atom is 0.253 e. The number of carbonyl (C=O) groups excluding carboxylic acids is 2. The quantitative estimate of drug-likeness (QED) is 0.746. The summed E-state index contributed by atoms with van der Waals surface area (Å²) in [5, 5.41) is 0. The average Bonchev–Trinajstić information content (AvgIpc) is 2.53. The SMILES string of the molecule is O=C1CCCN(C(=O)c2cccc(F)c2)CC1. The van der Waals surface area contributed by atoms with E-state index in [0.29, 0.717) is 37.9 Å². The highest BCUT2D eigenvalue weighted by atomic mass is 19.1. The van der Waals surface area contributed by atoms with Crippen molar-refractivity contribution >= 4 is 11.7 Å². The number of hydrogen-bond donors (Lipinski definition) is 0. The maximum absolute atomic E-state index is 13.0. The minimum atomic E-state index is -0.415. The fraction of sp³-hybridized carbons (Fsp3) is 0.385. The van der Waals surface area contributed by atoms with Crippen LogP contribution in [0.2, 0.25) is 0 Å². The number of amides is 1. The molecule has 17 heavy (non-hydrogen) atoms. The Kier molecular flexibility index (Phi) is 3.52. The van der Waals surface area contributed by atoms with Crippen molar-refractivity contribution in [1.82, 2.24) is 4.90 Å². The molecule has 1 saturated heterocycles. The van der Waals surface area contributed by atoms with E-state index in [1.54, 1.807) is 11.0 Å².